The van der Waals surface area contributed by atoms with Crippen LogP contribution in [0.3, 0.4) is 0 Å². The maximum atomic E-state index is 13.6. The fourth-order valence-electron chi connectivity index (χ4n) is 5.78. The number of carbonyl (C=O) groups is 3. The number of amides is 3. The molecule has 4 heterocycles. The molecule has 3 amide bonds. The Morgan fingerprint density at radius 1 is 0.885 bits per heavy atom. The van der Waals surface area contributed by atoms with Crippen LogP contribution in [-0.4, -0.2) is 70.0 Å². The van der Waals surface area contributed by atoms with Gasteiger partial charge in [-0.2, -0.15) is 10.2 Å². The van der Waals surface area contributed by atoms with Crippen LogP contribution < -0.4 is 32.6 Å². The number of hydrogen-bond donors (Lipinski definition) is 5. The highest BCUT2D eigenvalue weighted by molar-refractivity contribution is 6.04. The van der Waals surface area contributed by atoms with E-state index in [0.717, 1.165) is 5.52 Å². The minimum absolute atomic E-state index is 0.156. The van der Waals surface area contributed by atoms with Crippen molar-refractivity contribution < 1.29 is 19.1 Å². The number of hydrogen-bond acceptors (Lipinski definition) is 10. The van der Waals surface area contributed by atoms with Crippen LogP contribution in [0.2, 0.25) is 0 Å². The summed E-state index contributed by atoms with van der Waals surface area (Å²) >= 11 is 0. The van der Waals surface area contributed by atoms with Gasteiger partial charge in [-0.3, -0.25) is 29.1 Å². The average molecular weight is 706 g/mol. The number of nitrogens with zero attached hydrogens (tertiary/aromatic N) is 8. The molecule has 0 saturated carbocycles. The maximum Gasteiger partial charge on any atom is 0.276 e. The number of nitrogens with two attached hydrogens (primary N) is 3. The van der Waals surface area contributed by atoms with Crippen LogP contribution in [0.15, 0.2) is 73.1 Å². The number of fused-ring (bicyclic) bond motifs is 2. The molecule has 268 valence electrons. The highest BCUT2D eigenvalue weighted by Gasteiger charge is 2.21. The highest BCUT2D eigenvalue weighted by Crippen LogP contribution is 2.31. The Kier molecular flexibility index (Phi) is 10.0. The monoisotopic (exact) mass is 705 g/mol. The first kappa shape index (κ1) is 34.9. The number of nitrogen functional groups attached to an aromatic ring is 1. The van der Waals surface area contributed by atoms with E-state index in [1.54, 1.807) is 69.8 Å². The molecule has 17 heteroatoms. The van der Waals surface area contributed by atoms with Gasteiger partial charge >= 0.3 is 0 Å². The first-order chi connectivity index (χ1) is 25.1. The number of imidazole rings is 2. The van der Waals surface area contributed by atoms with Crippen LogP contribution >= 0.6 is 0 Å². The van der Waals surface area contributed by atoms with E-state index in [0.29, 0.717) is 70.5 Å². The lowest BCUT2D eigenvalue weighted by molar-refractivity contribution is 0.0992. The van der Waals surface area contributed by atoms with Gasteiger partial charge in [-0.25, -0.2) is 9.97 Å². The largest absolute Gasteiger partial charge is 0.487 e. The summed E-state index contributed by atoms with van der Waals surface area (Å²) in [7, 11) is 1.76. The van der Waals surface area contributed by atoms with Crippen molar-refractivity contribution >= 4 is 57.4 Å². The molecule has 2 aromatic carbocycles. The third-order valence-electron chi connectivity index (χ3n) is 8.20. The lowest BCUT2D eigenvalue weighted by Crippen LogP contribution is -2.20. The molecule has 0 saturated heterocycles. The van der Waals surface area contributed by atoms with E-state index in [4.69, 9.17) is 26.9 Å². The fraction of sp³-hybridized carbons (Fsp3) is 0.229. The number of nitrogens with one attached hydrogen (secondary N) is 2. The number of rotatable bonds is 15. The van der Waals surface area contributed by atoms with Gasteiger partial charge in [0.2, 0.25) is 23.7 Å². The number of ether oxygens (including phenoxy) is 1. The molecule has 0 spiro atoms. The summed E-state index contributed by atoms with van der Waals surface area (Å²) in [5.74, 6) is -0.414. The Morgan fingerprint density at radius 2 is 1.60 bits per heavy atom. The van der Waals surface area contributed by atoms with Crippen molar-refractivity contribution in [2.45, 2.75) is 40.0 Å². The molecular formula is C35H39N13O4. The van der Waals surface area contributed by atoms with Crippen LogP contribution in [0.4, 0.5) is 17.6 Å². The Balaban J connectivity index is 1.34. The number of aromatic nitrogens is 8. The van der Waals surface area contributed by atoms with Crippen molar-refractivity contribution in [1.29, 1.82) is 0 Å². The number of carbonyl (C=O) groups excluding carboxylic acids is 3. The van der Waals surface area contributed by atoms with Crippen molar-refractivity contribution in [1.82, 2.24) is 38.7 Å². The molecule has 0 aliphatic heterocycles. The van der Waals surface area contributed by atoms with Crippen LogP contribution in [0.5, 0.6) is 5.75 Å². The van der Waals surface area contributed by atoms with Gasteiger partial charge in [-0.15, -0.1) is 0 Å². The van der Waals surface area contributed by atoms with E-state index in [9.17, 15) is 14.4 Å². The summed E-state index contributed by atoms with van der Waals surface area (Å²) in [5.41, 5.74) is 21.5. The second kappa shape index (κ2) is 14.9. The van der Waals surface area contributed by atoms with Crippen molar-refractivity contribution in [3.63, 3.8) is 0 Å². The van der Waals surface area contributed by atoms with Gasteiger partial charge in [0.1, 0.15) is 23.6 Å². The predicted octanol–water partition coefficient (Wildman–Crippen LogP) is 3.07. The Bertz CT molecular complexity index is 2360. The topological polar surface area (TPSA) is 234 Å². The molecule has 0 aliphatic carbocycles. The Morgan fingerprint density at radius 3 is 2.29 bits per heavy atom. The van der Waals surface area contributed by atoms with E-state index >= 15 is 0 Å². The molecule has 0 radical (unpaired) electrons. The molecule has 52 heavy (non-hydrogen) atoms. The van der Waals surface area contributed by atoms with Gasteiger partial charge in [-0.1, -0.05) is 18.2 Å². The molecule has 6 rings (SSSR count). The number of anilines is 3. The van der Waals surface area contributed by atoms with Gasteiger partial charge in [0, 0.05) is 44.0 Å². The molecule has 6 aromatic rings. The second-order valence-electron chi connectivity index (χ2n) is 11.8. The second-order valence-corrected chi connectivity index (χ2v) is 11.8. The van der Waals surface area contributed by atoms with Gasteiger partial charge in [0.05, 0.1) is 40.7 Å². The first-order valence-corrected chi connectivity index (χ1v) is 16.4. The first-order valence-electron chi connectivity index (χ1n) is 16.4. The number of allylic oxidation sites excluding steroid dienone is 3. The third-order valence-corrected chi connectivity index (χ3v) is 8.20. The van der Waals surface area contributed by atoms with Crippen LogP contribution in [-0.2, 0) is 26.2 Å². The van der Waals surface area contributed by atoms with Gasteiger partial charge in [0.15, 0.2) is 0 Å². The van der Waals surface area contributed by atoms with Crippen molar-refractivity contribution in [3.8, 4) is 5.75 Å². The summed E-state index contributed by atoms with van der Waals surface area (Å²) in [6.45, 7) is 5.54. The van der Waals surface area contributed by atoms with Gasteiger partial charge < -0.3 is 36.4 Å². The Hall–Kier alpha value is -6.91. The number of benzene rings is 2. The lowest BCUT2D eigenvalue weighted by Gasteiger charge is -2.12. The van der Waals surface area contributed by atoms with Crippen LogP contribution in [0, 0.1) is 6.92 Å². The summed E-state index contributed by atoms with van der Waals surface area (Å²) in [6, 6.07) is 9.95. The predicted molar refractivity (Wildman–Crippen MR) is 197 cm³/mol. The summed E-state index contributed by atoms with van der Waals surface area (Å²) in [5, 5.41) is 14.6. The fourth-order valence-corrected chi connectivity index (χ4v) is 5.78. The van der Waals surface area contributed by atoms with Crippen molar-refractivity contribution in [3.05, 3.63) is 95.6 Å². The van der Waals surface area contributed by atoms with Gasteiger partial charge in [-0.05, 0) is 56.3 Å². The zero-order chi connectivity index (χ0) is 36.9. The molecule has 0 unspecified atom stereocenters. The quantitative estimate of drug-likeness (QED) is 0.0980. The molecular weight excluding hydrogens is 666 g/mol. The summed E-state index contributed by atoms with van der Waals surface area (Å²) in [4.78, 5) is 47.0. The lowest BCUT2D eigenvalue weighted by atomic mass is 10.1. The van der Waals surface area contributed by atoms with Crippen molar-refractivity contribution in [2.24, 2.45) is 11.5 Å². The van der Waals surface area contributed by atoms with E-state index < -0.39 is 17.7 Å². The smallest absolute Gasteiger partial charge is 0.276 e. The van der Waals surface area contributed by atoms with Gasteiger partial charge in [0.25, 0.3) is 5.91 Å². The zero-order valence-corrected chi connectivity index (χ0v) is 28.9. The van der Waals surface area contributed by atoms with E-state index in [2.05, 4.69) is 25.8 Å². The molecule has 17 nitrogen and oxygen atoms in total. The molecule has 0 bridgehead atoms. The number of primary amides is 2. The summed E-state index contributed by atoms with van der Waals surface area (Å²) in [6.07, 6.45) is 10.8. The maximum absolute atomic E-state index is 13.6. The zero-order valence-electron chi connectivity index (χ0n) is 28.9. The Labute approximate surface area is 297 Å². The normalized spacial score (nSPS) is 11.7. The highest BCUT2D eigenvalue weighted by atomic mass is 16.5. The van der Waals surface area contributed by atoms with E-state index in [-0.39, 0.29) is 24.7 Å². The van der Waals surface area contributed by atoms with E-state index in [1.807, 2.05) is 42.7 Å². The standard InChI is InChI=1S/C35H39N13O4/c1-4-48-28(15-21(2)44-48)33(51)43-35-42-26-17-23(32(38)50)18-29(52-14-8-7-11-45-20-24(36)19-40-45)30(26)47(35)13-6-5-12-46-27-10-9-22(31(37)49)16-25(27)41-34(46)39-3/h5-10,15-20H,4,11-14,36H2,1-3H3,(H2,37,49)(H2,38,50)(H,39,41)(H,42,43,51)/b6-5+,8-7+. The van der Waals surface area contributed by atoms with E-state index in [1.165, 1.54) is 0 Å². The third kappa shape index (κ3) is 7.32. The molecule has 0 aliphatic rings. The average Bonchev–Trinajstić information content (AvgIpc) is 3.89. The van der Waals surface area contributed by atoms with Crippen LogP contribution in [0.1, 0.15) is 43.8 Å². The number of aryl methyl sites for hydroxylation is 2. The molecule has 0 atom stereocenters. The SMILES string of the molecule is CCn1nc(C)cc1C(=O)Nc1nc2cc(C(N)=O)cc(OC/C=C/Cn3cc(N)cn3)c2n1C/C=C/Cn1c(NC)nc2cc(C(N)=O)ccc21. The molecule has 0 fully saturated rings. The minimum atomic E-state index is -0.656. The molecule has 4 aromatic heterocycles. The van der Waals surface area contributed by atoms with Crippen LogP contribution in [0.25, 0.3) is 22.1 Å². The summed E-state index contributed by atoms with van der Waals surface area (Å²) < 4.78 is 13.2. The minimum Gasteiger partial charge on any atom is -0.487 e. The van der Waals surface area contributed by atoms with Crippen molar-refractivity contribution in [2.75, 3.05) is 30.0 Å². The molecule has 8 N–H and O–H groups in total.